The molecule has 0 aromatic heterocycles. The number of aliphatic hydroxyl groups is 1. The highest BCUT2D eigenvalue weighted by atomic mass is 79.9. The van der Waals surface area contributed by atoms with Crippen LogP contribution in [0.15, 0.2) is 284 Å². The van der Waals surface area contributed by atoms with Gasteiger partial charge < -0.3 is 9.90 Å². The molecule has 6 bridgehead atoms. The molecule has 0 aliphatic heterocycles. The maximum Gasteiger partial charge on any atom is 0.166 e. The first kappa shape index (κ1) is 92.6. The quantitative estimate of drug-likeness (QED) is 0.0972. The third-order valence-corrected chi connectivity index (χ3v) is 26.7. The standard InChI is InChI=1S/C20H20O2.2C20H22O.C20H20.C12H9Br.C8H12O.5C2H6/c1-14-18(13-21)11-12-19(14)20(22)17-9-7-16(8-10-17)15-5-3-2-4-6-15;1-14-17-9-12-19(14)20(21,13-17)18-10-7-16(8-11-18)15-5-3-2-4-6-15;1-14-8-13-19(15(14)2)20(21)18-11-9-17(10-12-18)16-6-4-3-5-7-16;1-14-18-11-12-19(14)20(13-18)17-9-7-16(8-10-17)15-5-3-2-4-6-15;13-12-8-6-11(7-9-12)10-4-2-1-3-5-10;1-5-6-2-3-7(5)8(9)4-6;5*1-2/h2-10,13-14,18-19H,11-12H2,1H3;2-8,10-11,14,17,19,21H,9,12-13H2,1H3;3-7,9-12,14-15,19H,8,13H2,1-2H3;2-10,13-14,18-19H,11-12H2,1H3;1-9H;5-7H,2-4H2,1H3;5*1-2H3/t14-,18-,19?;;14-,15+,19?;;;;;;;;/m0.1......../s1. The summed E-state index contributed by atoms with van der Waals surface area (Å²) in [5.74, 6) is 8.90. The van der Waals surface area contributed by atoms with Crippen molar-refractivity contribution in [3.63, 3.8) is 0 Å². The summed E-state index contributed by atoms with van der Waals surface area (Å²) in [5.41, 5.74) is 17.4. The number of allylic oxidation sites excluding steroid dienone is 2. The summed E-state index contributed by atoms with van der Waals surface area (Å²) in [6.07, 6.45) is 17.0. The number of hydrogen-bond donors (Lipinski definition) is 1. The number of hydrogen-bond acceptors (Lipinski definition) is 5. The van der Waals surface area contributed by atoms with Gasteiger partial charge >= 0.3 is 0 Å². The summed E-state index contributed by atoms with van der Waals surface area (Å²) in [4.78, 5) is 47.4. The molecule has 5 nitrogen and oxygen atoms in total. The Kier molecular flexibility index (Phi) is 37.4. The normalized spacial score (nSPS) is 25.2. The highest BCUT2D eigenvalue weighted by molar-refractivity contribution is 9.10. The van der Waals surface area contributed by atoms with Crippen LogP contribution in [0.3, 0.4) is 0 Å². The van der Waals surface area contributed by atoms with Crippen molar-refractivity contribution in [3.8, 4) is 55.6 Å². The fraction of sp³-hybridized carbons (Fsp3) is 0.400. The molecule has 0 heterocycles. The predicted molar refractivity (Wildman–Crippen MR) is 497 cm³/mol. The summed E-state index contributed by atoms with van der Waals surface area (Å²) in [5, 5.41) is 11.2. The van der Waals surface area contributed by atoms with Gasteiger partial charge in [-0.05, 0) is 220 Å². The van der Waals surface area contributed by atoms with Gasteiger partial charge in [0, 0.05) is 45.7 Å². The van der Waals surface area contributed by atoms with E-state index in [1.807, 2.05) is 161 Å². The van der Waals surface area contributed by atoms with E-state index < -0.39 is 5.60 Å². The number of halogens is 1. The zero-order valence-corrected chi connectivity index (χ0v) is 74.3. The van der Waals surface area contributed by atoms with Crippen LogP contribution in [0.25, 0.3) is 61.2 Å². The topological polar surface area (TPSA) is 88.5 Å². The molecular weight excluding hydrogens is 1480 g/mol. The molecule has 16 atom stereocenters. The Morgan fingerprint density at radius 2 is 0.707 bits per heavy atom. The van der Waals surface area contributed by atoms with Crippen molar-refractivity contribution in [3.05, 3.63) is 306 Å². The molecule has 0 spiro atoms. The minimum absolute atomic E-state index is 0.0159. The Labute approximate surface area is 708 Å². The minimum atomic E-state index is -0.586. The molecule has 612 valence electrons. The molecule has 10 aromatic carbocycles. The van der Waals surface area contributed by atoms with E-state index in [9.17, 15) is 24.3 Å². The van der Waals surface area contributed by atoms with E-state index in [0.717, 1.165) is 100 Å². The summed E-state index contributed by atoms with van der Waals surface area (Å²) >= 11 is 3.42. The van der Waals surface area contributed by atoms with Crippen molar-refractivity contribution in [2.24, 2.45) is 88.8 Å². The minimum Gasteiger partial charge on any atom is -0.385 e. The number of fused-ring (bicyclic) bond motifs is 6. The van der Waals surface area contributed by atoms with Gasteiger partial charge in [-0.1, -0.05) is 394 Å². The fourth-order valence-electron chi connectivity index (χ4n) is 19.2. The van der Waals surface area contributed by atoms with Crippen LogP contribution in [0, 0.1) is 88.8 Å². The maximum atomic E-state index is 12.7. The van der Waals surface area contributed by atoms with E-state index in [2.05, 4.69) is 245 Å². The molecule has 10 aromatic rings. The monoisotopic (exact) mass is 1610 g/mol. The van der Waals surface area contributed by atoms with Gasteiger partial charge in [0.05, 0.1) is 5.60 Å². The van der Waals surface area contributed by atoms with Crippen molar-refractivity contribution in [2.45, 2.75) is 193 Å². The van der Waals surface area contributed by atoms with Gasteiger partial charge in [0.1, 0.15) is 12.1 Å². The molecular formula is C110H135BrO5. The van der Waals surface area contributed by atoms with Gasteiger partial charge in [0.15, 0.2) is 11.6 Å². The molecule has 116 heavy (non-hydrogen) atoms. The van der Waals surface area contributed by atoms with Gasteiger partial charge in [-0.3, -0.25) is 14.4 Å². The Morgan fingerprint density at radius 1 is 0.353 bits per heavy atom. The van der Waals surface area contributed by atoms with Gasteiger partial charge in [-0.25, -0.2) is 0 Å². The lowest BCUT2D eigenvalue weighted by atomic mass is 9.78. The third-order valence-electron chi connectivity index (χ3n) is 26.2. The average Bonchev–Trinajstić information content (AvgIpc) is 1.58. The summed E-state index contributed by atoms with van der Waals surface area (Å²) < 4.78 is 1.12. The molecule has 7 fully saturated rings. The average molecular weight is 1620 g/mol. The largest absolute Gasteiger partial charge is 0.385 e. The summed E-state index contributed by atoms with van der Waals surface area (Å²) in [7, 11) is 0. The fourth-order valence-corrected chi connectivity index (χ4v) is 19.5. The lowest BCUT2D eigenvalue weighted by Gasteiger charge is -2.33. The van der Waals surface area contributed by atoms with Crippen LogP contribution in [0.5, 0.6) is 0 Å². The first-order valence-electron chi connectivity index (χ1n) is 44.5. The molecule has 1 N–H and O–H groups in total. The number of ketones is 3. The maximum absolute atomic E-state index is 12.7. The molecule has 0 amide bonds. The summed E-state index contributed by atoms with van der Waals surface area (Å²) in [6.45, 7) is 33.5. The van der Waals surface area contributed by atoms with Crippen molar-refractivity contribution < 1.29 is 24.3 Å². The van der Waals surface area contributed by atoms with Crippen molar-refractivity contribution in [2.75, 3.05) is 0 Å². The van der Waals surface area contributed by atoms with E-state index in [-0.39, 0.29) is 29.5 Å². The van der Waals surface area contributed by atoms with Crippen LogP contribution in [-0.2, 0) is 15.2 Å². The summed E-state index contributed by atoms with van der Waals surface area (Å²) in [6, 6.07) is 93.8. The van der Waals surface area contributed by atoms with Gasteiger partial charge in [-0.2, -0.15) is 0 Å². The second kappa shape index (κ2) is 46.9. The molecule has 18 rings (SSSR count). The molecule has 0 saturated heterocycles. The highest BCUT2D eigenvalue weighted by Gasteiger charge is 2.55. The van der Waals surface area contributed by atoms with Gasteiger partial charge in [0.2, 0.25) is 0 Å². The molecule has 8 aliphatic rings. The molecule has 6 heteroatoms. The zero-order valence-electron chi connectivity index (χ0n) is 72.7. The Bertz CT molecular complexity index is 4540. The van der Waals surface area contributed by atoms with Crippen molar-refractivity contribution in [1.82, 2.24) is 0 Å². The molecule has 12 unspecified atom stereocenters. The Hall–Kier alpha value is -8.94. The number of carbonyl (C=O) groups is 4. The van der Waals surface area contributed by atoms with Crippen LogP contribution < -0.4 is 0 Å². The van der Waals surface area contributed by atoms with Crippen LogP contribution in [0.2, 0.25) is 0 Å². The van der Waals surface area contributed by atoms with Crippen LogP contribution in [0.1, 0.15) is 220 Å². The van der Waals surface area contributed by atoms with Crippen LogP contribution in [0.4, 0.5) is 0 Å². The number of Topliss-reactive ketones (excluding diaryl/α,β-unsaturated/α-hetero) is 3. The van der Waals surface area contributed by atoms with Crippen molar-refractivity contribution in [1.29, 1.82) is 0 Å². The number of carbonyl (C=O) groups excluding carboxylic acids is 4. The zero-order chi connectivity index (χ0) is 83.8. The van der Waals surface area contributed by atoms with E-state index in [4.69, 9.17) is 0 Å². The smallest absolute Gasteiger partial charge is 0.166 e. The lowest BCUT2D eigenvalue weighted by Crippen LogP contribution is -2.32. The first-order chi connectivity index (χ1) is 56.5. The Balaban J connectivity index is 0.000000173. The van der Waals surface area contributed by atoms with E-state index in [1.165, 1.54) is 95.0 Å². The Morgan fingerprint density at radius 3 is 1.01 bits per heavy atom. The van der Waals surface area contributed by atoms with Gasteiger partial charge in [0.25, 0.3) is 0 Å². The SMILES string of the molecule is Brc1ccc(-c2ccccc2)cc1.CC.CC.CC.CC.CC.CC1C2C=C(c3ccc(-c4ccccc4)cc3)C1CC2.CC1C2CCC1C(=O)C2.CC1C2CCC1C(O)(c1ccc(-c3ccccc3)cc1)C2.C[C@@H]1C(C(=O)c2ccc(-c3ccccc3)cc2)CC[C@H]1C=O.C[C@@H]1CCC(C(=O)c2ccc(-c3ccccc3)cc2)[C@H]1C. The third kappa shape index (κ3) is 23.3. The lowest BCUT2D eigenvalue weighted by molar-refractivity contribution is -0.122. The second-order valence-corrected chi connectivity index (χ2v) is 32.9. The van der Waals surface area contributed by atoms with Crippen LogP contribution >= 0.6 is 15.9 Å². The number of aldehydes is 1. The molecule has 0 radical (unpaired) electrons. The highest BCUT2D eigenvalue weighted by Crippen LogP contribution is 2.59. The van der Waals surface area contributed by atoms with Crippen LogP contribution in [-0.4, -0.2) is 28.7 Å². The van der Waals surface area contributed by atoms with Crippen molar-refractivity contribution >= 4 is 45.1 Å². The second-order valence-electron chi connectivity index (χ2n) is 32.0. The number of rotatable bonds is 12. The van der Waals surface area contributed by atoms with E-state index in [0.29, 0.717) is 47.1 Å². The van der Waals surface area contributed by atoms with E-state index in [1.54, 1.807) is 5.57 Å². The molecule has 7 saturated carbocycles. The van der Waals surface area contributed by atoms with E-state index >= 15 is 0 Å². The molecule has 8 aliphatic carbocycles. The first-order valence-corrected chi connectivity index (χ1v) is 45.3. The number of benzene rings is 10. The van der Waals surface area contributed by atoms with Gasteiger partial charge in [-0.15, -0.1) is 0 Å². The predicted octanol–water partition coefficient (Wildman–Crippen LogP) is 30.5.